The van der Waals surface area contributed by atoms with Gasteiger partial charge in [-0.25, -0.2) is 0 Å². The Morgan fingerprint density at radius 2 is 1.59 bits per heavy atom. The minimum absolute atomic E-state index is 0.0208. The molecule has 2 atom stereocenters. The molecule has 0 aromatic heterocycles. The van der Waals surface area contributed by atoms with Crippen molar-refractivity contribution in [1.82, 2.24) is 0 Å². The van der Waals surface area contributed by atoms with Crippen LogP contribution in [0.25, 0.3) is 0 Å². The summed E-state index contributed by atoms with van der Waals surface area (Å²) < 4.78 is 0. The average molecular weight is 249 g/mol. The van der Waals surface area contributed by atoms with Crippen LogP contribution in [0.1, 0.15) is 26.7 Å². The van der Waals surface area contributed by atoms with E-state index in [9.17, 15) is 9.59 Å². The zero-order valence-electron chi connectivity index (χ0n) is 10.3. The molecule has 0 radical (unpaired) electrons. The lowest BCUT2D eigenvalue weighted by molar-refractivity contribution is -0.140. The van der Waals surface area contributed by atoms with Crippen molar-refractivity contribution in [3.8, 4) is 0 Å². The van der Waals surface area contributed by atoms with Crippen LogP contribution >= 0.6 is 0 Å². The van der Waals surface area contributed by atoms with E-state index in [0.29, 0.717) is 19.4 Å². The smallest absolute Gasteiger partial charge is 0.320 e. The standard InChI is InChI=1S/C5H12N2O2.C5H11NO2/c6-3-1-2-4(7)5(8)9;1-3(2)4(6)5(7)8/h4H,1-3,6-7H2,(H,8,9);3-4H,6H2,1-2H3,(H,7,8)/t2*4-/m01/s1. The van der Waals surface area contributed by atoms with Crippen LogP contribution in [0, 0.1) is 5.92 Å². The molecular weight excluding hydrogens is 226 g/mol. The molecule has 8 N–H and O–H groups in total. The fourth-order valence-electron chi connectivity index (χ4n) is 0.746. The summed E-state index contributed by atoms with van der Waals surface area (Å²) in [4.78, 5) is 20.1. The highest BCUT2D eigenvalue weighted by molar-refractivity contribution is 5.73. The Bertz CT molecular complexity index is 234. The van der Waals surface area contributed by atoms with E-state index in [2.05, 4.69) is 0 Å². The van der Waals surface area contributed by atoms with Crippen molar-refractivity contribution in [2.45, 2.75) is 38.8 Å². The van der Waals surface area contributed by atoms with E-state index >= 15 is 0 Å². The number of carboxylic acid groups (broad SMARTS) is 2. The summed E-state index contributed by atoms with van der Waals surface area (Å²) >= 11 is 0. The second kappa shape index (κ2) is 10.0. The predicted octanol–water partition coefficient (Wildman–Crippen LogP) is -0.808. The first kappa shape index (κ1) is 18.2. The highest BCUT2D eigenvalue weighted by atomic mass is 16.4. The van der Waals surface area contributed by atoms with Gasteiger partial charge in [0.15, 0.2) is 0 Å². The van der Waals surface area contributed by atoms with Gasteiger partial charge in [0.2, 0.25) is 0 Å². The second-order valence-electron chi connectivity index (χ2n) is 3.98. The van der Waals surface area contributed by atoms with E-state index < -0.39 is 24.0 Å². The van der Waals surface area contributed by atoms with Gasteiger partial charge < -0.3 is 27.4 Å². The molecule has 0 spiro atoms. The van der Waals surface area contributed by atoms with Crippen LogP contribution in [-0.4, -0.2) is 40.8 Å². The SMILES string of the molecule is CC(C)[C@@H](N)C(=O)O.NCCC[C@H](N)C(=O)O. The number of aliphatic carboxylic acids is 2. The molecule has 0 aromatic rings. The molecule has 0 saturated carbocycles. The topological polar surface area (TPSA) is 153 Å². The summed E-state index contributed by atoms with van der Waals surface area (Å²) in [5.74, 6) is -1.86. The molecule has 0 amide bonds. The van der Waals surface area contributed by atoms with Gasteiger partial charge in [0.25, 0.3) is 0 Å². The number of rotatable bonds is 6. The summed E-state index contributed by atoms with van der Waals surface area (Å²) in [6.45, 7) is 4.05. The van der Waals surface area contributed by atoms with Gasteiger partial charge in [0.1, 0.15) is 12.1 Å². The number of hydrogen-bond donors (Lipinski definition) is 5. The van der Waals surface area contributed by atoms with Crippen molar-refractivity contribution in [1.29, 1.82) is 0 Å². The lowest BCUT2D eigenvalue weighted by atomic mass is 10.1. The Labute approximate surface area is 101 Å². The zero-order chi connectivity index (χ0) is 14.0. The molecule has 0 bridgehead atoms. The van der Waals surface area contributed by atoms with Gasteiger partial charge in [-0.05, 0) is 25.3 Å². The highest BCUT2D eigenvalue weighted by Gasteiger charge is 2.14. The van der Waals surface area contributed by atoms with E-state index in [1.807, 2.05) is 0 Å². The number of nitrogens with two attached hydrogens (primary N) is 3. The second-order valence-corrected chi connectivity index (χ2v) is 3.98. The Balaban J connectivity index is 0. The quantitative estimate of drug-likeness (QED) is 0.412. The molecule has 0 aromatic carbocycles. The highest BCUT2D eigenvalue weighted by Crippen LogP contribution is 1.96. The van der Waals surface area contributed by atoms with Crippen molar-refractivity contribution in [3.05, 3.63) is 0 Å². The van der Waals surface area contributed by atoms with Crippen molar-refractivity contribution in [2.24, 2.45) is 23.1 Å². The zero-order valence-corrected chi connectivity index (χ0v) is 10.3. The number of carboxylic acids is 2. The van der Waals surface area contributed by atoms with Crippen LogP contribution in [0.5, 0.6) is 0 Å². The summed E-state index contributed by atoms with van der Waals surface area (Å²) in [6, 6.07) is -1.46. The first-order chi connectivity index (χ1) is 7.73. The lowest BCUT2D eigenvalue weighted by Crippen LogP contribution is -2.34. The van der Waals surface area contributed by atoms with E-state index in [4.69, 9.17) is 27.4 Å². The molecule has 0 aliphatic rings. The molecule has 0 aliphatic carbocycles. The molecule has 0 fully saturated rings. The van der Waals surface area contributed by atoms with Crippen LogP contribution in [0.3, 0.4) is 0 Å². The van der Waals surface area contributed by atoms with Crippen molar-refractivity contribution >= 4 is 11.9 Å². The Hall–Kier alpha value is -1.18. The number of carbonyl (C=O) groups is 2. The van der Waals surface area contributed by atoms with E-state index in [0.717, 1.165) is 0 Å². The van der Waals surface area contributed by atoms with Gasteiger partial charge in [-0.3, -0.25) is 9.59 Å². The minimum Gasteiger partial charge on any atom is -0.480 e. The third-order valence-electron chi connectivity index (χ3n) is 2.04. The molecule has 0 aliphatic heterocycles. The number of hydrogen-bond acceptors (Lipinski definition) is 5. The van der Waals surface area contributed by atoms with Crippen molar-refractivity contribution in [3.63, 3.8) is 0 Å². The largest absolute Gasteiger partial charge is 0.480 e. The molecule has 0 unspecified atom stereocenters. The molecule has 17 heavy (non-hydrogen) atoms. The van der Waals surface area contributed by atoms with E-state index in [1.54, 1.807) is 13.8 Å². The summed E-state index contributed by atoms with van der Waals surface area (Å²) in [7, 11) is 0. The predicted molar refractivity (Wildman–Crippen MR) is 64.3 cm³/mol. The molecule has 102 valence electrons. The maximum Gasteiger partial charge on any atom is 0.320 e. The van der Waals surface area contributed by atoms with Crippen LogP contribution in [0.15, 0.2) is 0 Å². The van der Waals surface area contributed by atoms with Crippen LogP contribution in [0.2, 0.25) is 0 Å². The first-order valence-corrected chi connectivity index (χ1v) is 5.40. The molecule has 7 nitrogen and oxygen atoms in total. The average Bonchev–Trinajstić information content (AvgIpc) is 2.25. The summed E-state index contributed by atoms with van der Waals surface area (Å²) in [5, 5.41) is 16.5. The lowest BCUT2D eigenvalue weighted by Gasteiger charge is -2.07. The molecule has 0 rings (SSSR count). The maximum absolute atomic E-state index is 10.0. The van der Waals surface area contributed by atoms with Crippen LogP contribution < -0.4 is 17.2 Å². The molecular formula is C10H23N3O4. The van der Waals surface area contributed by atoms with Gasteiger partial charge in [-0.1, -0.05) is 13.8 Å². The summed E-state index contributed by atoms with van der Waals surface area (Å²) in [6.07, 6.45) is 1.14. The Kier molecular flexibility index (Phi) is 10.7. The normalized spacial score (nSPS) is 13.5. The van der Waals surface area contributed by atoms with E-state index in [-0.39, 0.29) is 5.92 Å². The third-order valence-corrected chi connectivity index (χ3v) is 2.04. The fraction of sp³-hybridized carbons (Fsp3) is 0.800. The van der Waals surface area contributed by atoms with Crippen LogP contribution in [0.4, 0.5) is 0 Å². The third kappa shape index (κ3) is 11.1. The maximum atomic E-state index is 10.0. The van der Waals surface area contributed by atoms with Gasteiger partial charge in [0, 0.05) is 0 Å². The van der Waals surface area contributed by atoms with E-state index in [1.165, 1.54) is 0 Å². The Morgan fingerprint density at radius 1 is 1.12 bits per heavy atom. The first-order valence-electron chi connectivity index (χ1n) is 5.40. The molecule has 7 heteroatoms. The molecule has 0 saturated heterocycles. The monoisotopic (exact) mass is 249 g/mol. The minimum atomic E-state index is -0.955. The van der Waals surface area contributed by atoms with Crippen LogP contribution in [-0.2, 0) is 9.59 Å². The van der Waals surface area contributed by atoms with Gasteiger partial charge in [0.05, 0.1) is 0 Å². The fourth-order valence-corrected chi connectivity index (χ4v) is 0.746. The Morgan fingerprint density at radius 3 is 1.76 bits per heavy atom. The van der Waals surface area contributed by atoms with Gasteiger partial charge >= 0.3 is 11.9 Å². The van der Waals surface area contributed by atoms with Gasteiger partial charge in [-0.2, -0.15) is 0 Å². The van der Waals surface area contributed by atoms with Gasteiger partial charge in [-0.15, -0.1) is 0 Å². The van der Waals surface area contributed by atoms with Crippen molar-refractivity contribution < 1.29 is 19.8 Å². The molecule has 0 heterocycles. The van der Waals surface area contributed by atoms with Crippen molar-refractivity contribution in [2.75, 3.05) is 6.54 Å². The summed E-state index contributed by atoms with van der Waals surface area (Å²) in [5.41, 5.74) is 15.4.